The summed E-state index contributed by atoms with van der Waals surface area (Å²) in [6, 6.07) is 23.2. The maximum absolute atomic E-state index is 10.3. The van der Waals surface area contributed by atoms with Gasteiger partial charge in [-0.15, -0.1) is 0 Å². The van der Waals surface area contributed by atoms with Gasteiger partial charge in [0.25, 0.3) is 0 Å². The molecule has 1 aromatic heterocycles. The Labute approximate surface area is 158 Å². The fourth-order valence-corrected chi connectivity index (χ4v) is 2.82. The SMILES string of the molecule is Cc1ccc(-c2nc(-c3ccc(C)cc3)nc(-c3ccccc3O)n2)cc1. The highest BCUT2D eigenvalue weighted by molar-refractivity contribution is 5.69. The summed E-state index contributed by atoms with van der Waals surface area (Å²) >= 11 is 0. The number of benzene rings is 3. The van der Waals surface area contributed by atoms with E-state index in [0.29, 0.717) is 23.0 Å². The van der Waals surface area contributed by atoms with E-state index in [4.69, 9.17) is 0 Å². The van der Waals surface area contributed by atoms with Crippen molar-refractivity contribution in [1.82, 2.24) is 15.0 Å². The lowest BCUT2D eigenvalue weighted by Gasteiger charge is -2.09. The van der Waals surface area contributed by atoms with Crippen LogP contribution in [0.3, 0.4) is 0 Å². The molecule has 0 saturated carbocycles. The monoisotopic (exact) mass is 353 g/mol. The number of aromatic hydroxyl groups is 1. The van der Waals surface area contributed by atoms with Gasteiger partial charge in [-0.3, -0.25) is 0 Å². The molecule has 0 bridgehead atoms. The van der Waals surface area contributed by atoms with E-state index >= 15 is 0 Å². The van der Waals surface area contributed by atoms with Crippen molar-refractivity contribution in [2.24, 2.45) is 0 Å². The van der Waals surface area contributed by atoms with E-state index in [1.165, 1.54) is 11.1 Å². The van der Waals surface area contributed by atoms with Gasteiger partial charge < -0.3 is 5.11 Å². The van der Waals surface area contributed by atoms with Gasteiger partial charge >= 0.3 is 0 Å². The molecule has 1 N–H and O–H groups in total. The molecule has 0 saturated heterocycles. The Kier molecular flexibility index (Phi) is 4.38. The predicted molar refractivity (Wildman–Crippen MR) is 107 cm³/mol. The number of phenolic OH excluding ortho intramolecular Hbond substituents is 1. The standard InChI is InChI=1S/C23H19N3O/c1-15-7-11-17(12-8-15)21-24-22(18-13-9-16(2)10-14-18)26-23(25-21)19-5-3-4-6-20(19)27/h3-14,27H,1-2H3. The van der Waals surface area contributed by atoms with Gasteiger partial charge in [0.1, 0.15) is 5.75 Å². The molecule has 0 radical (unpaired) electrons. The van der Waals surface area contributed by atoms with Gasteiger partial charge in [0, 0.05) is 11.1 Å². The van der Waals surface area contributed by atoms with E-state index in [2.05, 4.69) is 15.0 Å². The van der Waals surface area contributed by atoms with Gasteiger partial charge in [-0.05, 0) is 26.0 Å². The molecule has 0 amide bonds. The van der Waals surface area contributed by atoms with Gasteiger partial charge in [0.15, 0.2) is 17.5 Å². The average molecular weight is 353 g/mol. The molecule has 0 atom stereocenters. The van der Waals surface area contributed by atoms with Crippen molar-refractivity contribution in [3.8, 4) is 39.9 Å². The molecule has 0 aliphatic carbocycles. The summed E-state index contributed by atoms with van der Waals surface area (Å²) in [5.74, 6) is 1.76. The van der Waals surface area contributed by atoms with Gasteiger partial charge in [0.05, 0.1) is 5.56 Å². The van der Waals surface area contributed by atoms with Crippen LogP contribution in [0.4, 0.5) is 0 Å². The van der Waals surface area contributed by atoms with E-state index in [1.54, 1.807) is 12.1 Å². The fourth-order valence-electron chi connectivity index (χ4n) is 2.82. The number of hydrogen-bond donors (Lipinski definition) is 1. The van der Waals surface area contributed by atoms with Crippen LogP contribution in [0.15, 0.2) is 72.8 Å². The van der Waals surface area contributed by atoms with Crippen LogP contribution in [0.25, 0.3) is 34.2 Å². The Hall–Kier alpha value is -3.53. The average Bonchev–Trinajstić information content (AvgIpc) is 2.69. The number of nitrogens with zero attached hydrogens (tertiary/aromatic N) is 3. The molecule has 0 unspecified atom stereocenters. The Morgan fingerprint density at radius 3 is 1.48 bits per heavy atom. The molecular weight excluding hydrogens is 334 g/mol. The van der Waals surface area contributed by atoms with Crippen LogP contribution in [-0.4, -0.2) is 20.1 Å². The number of hydrogen-bond acceptors (Lipinski definition) is 4. The summed E-state index contributed by atoms with van der Waals surface area (Å²) in [4.78, 5) is 13.9. The zero-order valence-corrected chi connectivity index (χ0v) is 15.2. The Bertz CT molecular complexity index is 1020. The summed E-state index contributed by atoms with van der Waals surface area (Å²) in [6.07, 6.45) is 0. The Balaban J connectivity index is 1.92. The topological polar surface area (TPSA) is 58.9 Å². The minimum atomic E-state index is 0.147. The largest absolute Gasteiger partial charge is 0.507 e. The summed E-state index contributed by atoms with van der Waals surface area (Å²) in [5, 5.41) is 10.3. The third-order valence-corrected chi connectivity index (χ3v) is 4.40. The molecule has 4 aromatic rings. The van der Waals surface area contributed by atoms with Crippen molar-refractivity contribution in [2.75, 3.05) is 0 Å². The van der Waals surface area contributed by atoms with Crippen LogP contribution in [0, 0.1) is 13.8 Å². The maximum atomic E-state index is 10.3. The summed E-state index contributed by atoms with van der Waals surface area (Å²) < 4.78 is 0. The van der Waals surface area contributed by atoms with E-state index in [0.717, 1.165) is 11.1 Å². The molecule has 0 fully saturated rings. The lowest BCUT2D eigenvalue weighted by Crippen LogP contribution is -2.00. The minimum Gasteiger partial charge on any atom is -0.507 e. The molecule has 3 aromatic carbocycles. The molecule has 27 heavy (non-hydrogen) atoms. The van der Waals surface area contributed by atoms with Crippen LogP contribution in [0.5, 0.6) is 5.75 Å². The van der Waals surface area contributed by atoms with E-state index in [9.17, 15) is 5.11 Å². The van der Waals surface area contributed by atoms with Crippen LogP contribution >= 0.6 is 0 Å². The summed E-state index contributed by atoms with van der Waals surface area (Å²) in [7, 11) is 0. The molecule has 4 nitrogen and oxygen atoms in total. The fraction of sp³-hybridized carbons (Fsp3) is 0.0870. The third-order valence-electron chi connectivity index (χ3n) is 4.40. The van der Waals surface area contributed by atoms with Gasteiger partial charge in [0.2, 0.25) is 0 Å². The van der Waals surface area contributed by atoms with Gasteiger partial charge in [-0.1, -0.05) is 71.8 Å². The van der Waals surface area contributed by atoms with Crippen molar-refractivity contribution in [2.45, 2.75) is 13.8 Å². The molecule has 132 valence electrons. The van der Waals surface area contributed by atoms with Crippen LogP contribution in [0.1, 0.15) is 11.1 Å². The number of rotatable bonds is 3. The van der Waals surface area contributed by atoms with Crippen LogP contribution < -0.4 is 0 Å². The number of aromatic nitrogens is 3. The number of aryl methyl sites for hydroxylation is 2. The number of para-hydroxylation sites is 1. The minimum absolute atomic E-state index is 0.147. The Morgan fingerprint density at radius 1 is 0.556 bits per heavy atom. The first-order valence-electron chi connectivity index (χ1n) is 8.79. The highest BCUT2D eigenvalue weighted by atomic mass is 16.3. The highest BCUT2D eigenvalue weighted by Crippen LogP contribution is 2.29. The molecule has 0 aliphatic heterocycles. The van der Waals surface area contributed by atoms with Gasteiger partial charge in [-0.2, -0.15) is 0 Å². The predicted octanol–water partition coefficient (Wildman–Crippen LogP) is 5.20. The van der Waals surface area contributed by atoms with E-state index in [-0.39, 0.29) is 5.75 Å². The second-order valence-corrected chi connectivity index (χ2v) is 6.56. The van der Waals surface area contributed by atoms with Crippen LogP contribution in [-0.2, 0) is 0 Å². The molecule has 4 heteroatoms. The van der Waals surface area contributed by atoms with E-state index in [1.807, 2.05) is 74.5 Å². The first-order chi connectivity index (χ1) is 13.1. The lowest BCUT2D eigenvalue weighted by atomic mass is 10.1. The Morgan fingerprint density at radius 2 is 1.00 bits per heavy atom. The molecule has 0 aliphatic rings. The normalized spacial score (nSPS) is 10.7. The molecular formula is C23H19N3O. The smallest absolute Gasteiger partial charge is 0.167 e. The van der Waals surface area contributed by atoms with Crippen LogP contribution in [0.2, 0.25) is 0 Å². The summed E-state index contributed by atoms with van der Waals surface area (Å²) in [5.41, 5.74) is 4.75. The highest BCUT2D eigenvalue weighted by Gasteiger charge is 2.14. The quantitative estimate of drug-likeness (QED) is 0.550. The second kappa shape index (κ2) is 7.00. The van der Waals surface area contributed by atoms with Crippen molar-refractivity contribution in [1.29, 1.82) is 0 Å². The zero-order chi connectivity index (χ0) is 18.8. The van der Waals surface area contributed by atoms with Crippen molar-refractivity contribution >= 4 is 0 Å². The van der Waals surface area contributed by atoms with Crippen molar-refractivity contribution in [3.05, 3.63) is 83.9 Å². The summed E-state index contributed by atoms with van der Waals surface area (Å²) in [6.45, 7) is 4.09. The molecule has 1 heterocycles. The van der Waals surface area contributed by atoms with E-state index < -0.39 is 0 Å². The first-order valence-corrected chi connectivity index (χ1v) is 8.79. The first kappa shape index (κ1) is 16.9. The maximum Gasteiger partial charge on any atom is 0.167 e. The van der Waals surface area contributed by atoms with Crippen molar-refractivity contribution in [3.63, 3.8) is 0 Å². The molecule has 4 rings (SSSR count). The molecule has 0 spiro atoms. The van der Waals surface area contributed by atoms with Gasteiger partial charge in [-0.25, -0.2) is 15.0 Å². The number of phenols is 1. The van der Waals surface area contributed by atoms with Crippen molar-refractivity contribution < 1.29 is 5.11 Å². The lowest BCUT2D eigenvalue weighted by molar-refractivity contribution is 0.477. The third kappa shape index (κ3) is 3.55. The zero-order valence-electron chi connectivity index (χ0n) is 15.2. The second-order valence-electron chi connectivity index (χ2n) is 6.56.